The van der Waals surface area contributed by atoms with Crippen molar-refractivity contribution in [3.8, 4) is 5.82 Å². The van der Waals surface area contributed by atoms with E-state index in [0.717, 1.165) is 34.1 Å². The molecule has 4 aromatic rings. The lowest BCUT2D eigenvalue weighted by Gasteiger charge is -2.29. The molecular formula is C26H24N6OS. The predicted molar refractivity (Wildman–Crippen MR) is 137 cm³/mol. The maximum Gasteiger partial charge on any atom is 0.221 e. The van der Waals surface area contributed by atoms with Gasteiger partial charge in [0.2, 0.25) is 5.91 Å². The Labute approximate surface area is 203 Å². The van der Waals surface area contributed by atoms with Gasteiger partial charge in [-0.25, -0.2) is 4.98 Å². The lowest BCUT2D eigenvalue weighted by Crippen LogP contribution is -2.30. The van der Waals surface area contributed by atoms with E-state index in [9.17, 15) is 4.79 Å². The lowest BCUT2D eigenvalue weighted by atomic mass is 10.0. The van der Waals surface area contributed by atoms with Gasteiger partial charge in [-0.1, -0.05) is 12.1 Å². The van der Waals surface area contributed by atoms with Crippen molar-refractivity contribution in [2.45, 2.75) is 25.9 Å². The molecule has 1 aliphatic heterocycles. The minimum Gasteiger partial charge on any atom is -0.351 e. The molecule has 34 heavy (non-hydrogen) atoms. The smallest absolute Gasteiger partial charge is 0.221 e. The zero-order valence-electron chi connectivity index (χ0n) is 18.8. The molecule has 5 rings (SSSR count). The first-order valence-electron chi connectivity index (χ1n) is 11.0. The van der Waals surface area contributed by atoms with E-state index >= 15 is 0 Å². The highest BCUT2D eigenvalue weighted by molar-refractivity contribution is 7.80. The molecule has 1 aromatic carbocycles. The standard InChI is InChI=1S/C26H24N6OS/c1-17-8-13-23(28-16-17)31-15-5-7-22(31)25-24(21-6-3-4-14-27-21)30-26(34)32(25)20-11-9-19(10-12-20)29-18(2)33/h3-16,24-25H,1-2H3,(H,29,33)(H,30,34)/t24-,25-/m0/s1. The third-order valence-corrected chi connectivity index (χ3v) is 6.10. The van der Waals surface area contributed by atoms with Crippen molar-refractivity contribution in [1.82, 2.24) is 19.9 Å². The molecule has 2 N–H and O–H groups in total. The molecule has 4 heterocycles. The number of rotatable bonds is 5. The zero-order valence-corrected chi connectivity index (χ0v) is 19.7. The van der Waals surface area contributed by atoms with Crippen LogP contribution in [0.25, 0.3) is 5.82 Å². The number of anilines is 2. The van der Waals surface area contributed by atoms with Crippen LogP contribution in [0.2, 0.25) is 0 Å². The monoisotopic (exact) mass is 468 g/mol. The van der Waals surface area contributed by atoms with Crippen molar-refractivity contribution < 1.29 is 4.79 Å². The number of hydrogen-bond acceptors (Lipinski definition) is 4. The quantitative estimate of drug-likeness (QED) is 0.413. The van der Waals surface area contributed by atoms with E-state index in [1.807, 2.05) is 73.9 Å². The molecule has 0 aliphatic carbocycles. The molecule has 0 spiro atoms. The summed E-state index contributed by atoms with van der Waals surface area (Å²) >= 11 is 5.82. The highest BCUT2D eigenvalue weighted by atomic mass is 32.1. The molecule has 0 bridgehead atoms. The Morgan fingerprint density at radius 2 is 1.85 bits per heavy atom. The van der Waals surface area contributed by atoms with Crippen LogP contribution < -0.4 is 15.5 Å². The molecule has 1 saturated heterocycles. The minimum atomic E-state index is -0.174. The Bertz CT molecular complexity index is 1320. The largest absolute Gasteiger partial charge is 0.351 e. The number of aromatic nitrogens is 3. The van der Waals surface area contributed by atoms with E-state index in [2.05, 4.69) is 42.2 Å². The maximum absolute atomic E-state index is 11.4. The van der Waals surface area contributed by atoms with Crippen molar-refractivity contribution >= 4 is 34.6 Å². The summed E-state index contributed by atoms with van der Waals surface area (Å²) in [5.41, 5.74) is 4.69. The average molecular weight is 469 g/mol. The van der Waals surface area contributed by atoms with Crippen molar-refractivity contribution in [2.24, 2.45) is 0 Å². The summed E-state index contributed by atoms with van der Waals surface area (Å²) in [5, 5.41) is 6.91. The highest BCUT2D eigenvalue weighted by Crippen LogP contribution is 2.42. The van der Waals surface area contributed by atoms with Crippen molar-refractivity contribution in [3.63, 3.8) is 0 Å². The molecule has 8 heteroatoms. The maximum atomic E-state index is 11.4. The van der Waals surface area contributed by atoms with Crippen LogP contribution in [0.1, 0.15) is 36.0 Å². The average Bonchev–Trinajstić information content (AvgIpc) is 3.45. The van der Waals surface area contributed by atoms with Crippen LogP contribution in [-0.4, -0.2) is 25.6 Å². The molecule has 170 valence electrons. The second-order valence-corrected chi connectivity index (χ2v) is 8.61. The molecule has 3 aromatic heterocycles. The van der Waals surface area contributed by atoms with Gasteiger partial charge >= 0.3 is 0 Å². The van der Waals surface area contributed by atoms with E-state index in [4.69, 9.17) is 12.2 Å². The first-order chi connectivity index (χ1) is 16.5. The van der Waals surface area contributed by atoms with Crippen molar-refractivity contribution in [1.29, 1.82) is 0 Å². The number of aryl methyl sites for hydroxylation is 1. The van der Waals surface area contributed by atoms with E-state index < -0.39 is 0 Å². The molecular weight excluding hydrogens is 444 g/mol. The van der Waals surface area contributed by atoms with Gasteiger partial charge in [0.15, 0.2) is 5.11 Å². The van der Waals surface area contributed by atoms with Gasteiger partial charge in [0.05, 0.1) is 11.7 Å². The summed E-state index contributed by atoms with van der Waals surface area (Å²) in [6.07, 6.45) is 5.68. The van der Waals surface area contributed by atoms with Gasteiger partial charge in [-0.15, -0.1) is 0 Å². The van der Waals surface area contributed by atoms with Crippen LogP contribution in [0.4, 0.5) is 11.4 Å². The number of carbonyl (C=O) groups is 1. The van der Waals surface area contributed by atoms with Crippen molar-refractivity contribution in [2.75, 3.05) is 10.2 Å². The molecule has 1 aliphatic rings. The van der Waals surface area contributed by atoms with Crippen LogP contribution >= 0.6 is 12.2 Å². The number of nitrogens with zero attached hydrogens (tertiary/aromatic N) is 4. The Morgan fingerprint density at radius 3 is 2.53 bits per heavy atom. The number of thiocarbonyl (C=S) groups is 1. The Kier molecular flexibility index (Phi) is 5.81. The van der Waals surface area contributed by atoms with Gasteiger partial charge in [0.1, 0.15) is 11.9 Å². The molecule has 0 saturated carbocycles. The fourth-order valence-corrected chi connectivity index (χ4v) is 4.63. The Balaban J connectivity index is 1.61. The SMILES string of the molecule is CC(=O)Nc1ccc(N2C(=S)N[C@@H](c3ccccn3)[C@@H]2c2cccn2-c2ccc(C)cn2)cc1. The summed E-state index contributed by atoms with van der Waals surface area (Å²) in [5.74, 6) is 0.728. The summed E-state index contributed by atoms with van der Waals surface area (Å²) in [7, 11) is 0. The summed E-state index contributed by atoms with van der Waals surface area (Å²) in [6, 6.07) is 21.4. The topological polar surface area (TPSA) is 75.1 Å². The number of hydrogen-bond donors (Lipinski definition) is 2. The molecule has 1 amide bonds. The van der Waals surface area contributed by atoms with Crippen LogP contribution in [0.5, 0.6) is 0 Å². The molecule has 7 nitrogen and oxygen atoms in total. The van der Waals surface area contributed by atoms with E-state index in [1.54, 1.807) is 6.20 Å². The fourth-order valence-electron chi connectivity index (χ4n) is 4.29. The van der Waals surface area contributed by atoms with E-state index in [1.165, 1.54) is 6.92 Å². The first kappa shape index (κ1) is 21.8. The molecule has 2 atom stereocenters. The number of pyridine rings is 2. The summed E-state index contributed by atoms with van der Waals surface area (Å²) in [4.78, 5) is 22.8. The molecule has 0 unspecified atom stereocenters. The van der Waals surface area contributed by atoms with Gasteiger partial charge < -0.3 is 20.1 Å². The second-order valence-electron chi connectivity index (χ2n) is 8.22. The zero-order chi connectivity index (χ0) is 23.7. The van der Waals surface area contributed by atoms with Crippen molar-refractivity contribution in [3.05, 3.63) is 102 Å². The van der Waals surface area contributed by atoms with E-state index in [-0.39, 0.29) is 18.0 Å². The van der Waals surface area contributed by atoms with Crippen LogP contribution in [-0.2, 0) is 4.79 Å². The summed E-state index contributed by atoms with van der Waals surface area (Å²) in [6.45, 7) is 3.52. The van der Waals surface area contributed by atoms with Crippen LogP contribution in [0.3, 0.4) is 0 Å². The Hall–Kier alpha value is -4.04. The molecule has 1 fully saturated rings. The van der Waals surface area contributed by atoms with Crippen LogP contribution in [0, 0.1) is 6.92 Å². The first-order valence-corrected chi connectivity index (χ1v) is 11.4. The summed E-state index contributed by atoms with van der Waals surface area (Å²) < 4.78 is 2.09. The van der Waals surface area contributed by atoms with Gasteiger partial charge in [-0.05, 0) is 79.3 Å². The van der Waals surface area contributed by atoms with Gasteiger partial charge in [-0.3, -0.25) is 9.78 Å². The fraction of sp³-hybridized carbons (Fsp3) is 0.154. The third kappa shape index (κ3) is 4.15. The second kappa shape index (κ2) is 9.07. The lowest BCUT2D eigenvalue weighted by molar-refractivity contribution is -0.114. The number of nitrogens with one attached hydrogen (secondary N) is 2. The van der Waals surface area contributed by atoms with Gasteiger partial charge in [0, 0.05) is 42.6 Å². The third-order valence-electron chi connectivity index (χ3n) is 5.79. The highest BCUT2D eigenvalue weighted by Gasteiger charge is 2.42. The number of benzene rings is 1. The van der Waals surface area contributed by atoms with Gasteiger partial charge in [-0.2, -0.15) is 0 Å². The van der Waals surface area contributed by atoms with E-state index in [0.29, 0.717) is 5.11 Å². The normalized spacial score (nSPS) is 17.5. The Morgan fingerprint density at radius 1 is 1.03 bits per heavy atom. The van der Waals surface area contributed by atoms with Gasteiger partial charge in [0.25, 0.3) is 0 Å². The predicted octanol–water partition coefficient (Wildman–Crippen LogP) is 4.71. The minimum absolute atomic E-state index is 0.109. The molecule has 0 radical (unpaired) electrons. The number of carbonyl (C=O) groups excluding carboxylic acids is 1. The van der Waals surface area contributed by atoms with Crippen LogP contribution in [0.15, 0.2) is 85.3 Å². The number of amides is 1.